The predicted molar refractivity (Wildman–Crippen MR) is 108 cm³/mol. The number of hydrogen-bond donors (Lipinski definition) is 0. The molecular formula is C24H27NO3. The van der Waals surface area contributed by atoms with E-state index in [2.05, 4.69) is 38.1 Å². The van der Waals surface area contributed by atoms with Gasteiger partial charge in [-0.3, -0.25) is 14.5 Å². The molecule has 2 aromatic rings. The Hall–Kier alpha value is -2.46. The molecule has 2 aromatic carbocycles. The van der Waals surface area contributed by atoms with Crippen LogP contribution in [0.15, 0.2) is 54.6 Å². The Balaban J connectivity index is 1.54. The highest BCUT2D eigenvalue weighted by Crippen LogP contribution is 2.40. The third-order valence-electron chi connectivity index (χ3n) is 6.07. The minimum Gasteiger partial charge on any atom is -0.376 e. The van der Waals surface area contributed by atoms with Gasteiger partial charge >= 0.3 is 0 Å². The van der Waals surface area contributed by atoms with Crippen LogP contribution in [0.1, 0.15) is 65.3 Å². The van der Waals surface area contributed by atoms with Gasteiger partial charge in [0.25, 0.3) is 11.8 Å². The molecule has 2 amide bonds. The van der Waals surface area contributed by atoms with Crippen LogP contribution in [0.4, 0.5) is 0 Å². The molecule has 0 unspecified atom stereocenters. The molecule has 0 N–H and O–H groups in total. The Bertz CT molecular complexity index is 839. The molecular weight excluding hydrogens is 350 g/mol. The van der Waals surface area contributed by atoms with E-state index >= 15 is 0 Å². The lowest BCUT2D eigenvalue weighted by atomic mass is 9.75. The van der Waals surface area contributed by atoms with Crippen molar-refractivity contribution in [2.75, 3.05) is 13.2 Å². The van der Waals surface area contributed by atoms with Gasteiger partial charge in [0.05, 0.1) is 16.7 Å². The Morgan fingerprint density at radius 3 is 2.21 bits per heavy atom. The van der Waals surface area contributed by atoms with Crippen molar-refractivity contribution in [1.29, 1.82) is 0 Å². The summed E-state index contributed by atoms with van der Waals surface area (Å²) in [5.41, 5.74) is 2.19. The summed E-state index contributed by atoms with van der Waals surface area (Å²) < 4.78 is 5.92. The van der Waals surface area contributed by atoms with E-state index in [0.29, 0.717) is 29.5 Å². The smallest absolute Gasteiger partial charge is 0.261 e. The number of carbonyl (C=O) groups excluding carboxylic acids is 2. The van der Waals surface area contributed by atoms with Gasteiger partial charge in [-0.2, -0.15) is 0 Å². The van der Waals surface area contributed by atoms with Gasteiger partial charge in [0.15, 0.2) is 0 Å². The van der Waals surface area contributed by atoms with E-state index in [1.165, 1.54) is 10.5 Å². The molecule has 0 aromatic heterocycles. The van der Waals surface area contributed by atoms with Crippen molar-refractivity contribution in [3.63, 3.8) is 0 Å². The van der Waals surface area contributed by atoms with Crippen molar-refractivity contribution in [3.8, 4) is 0 Å². The molecule has 4 nitrogen and oxygen atoms in total. The van der Waals surface area contributed by atoms with Crippen LogP contribution >= 0.6 is 0 Å². The Morgan fingerprint density at radius 2 is 1.61 bits per heavy atom. The molecule has 4 heteroatoms. The summed E-state index contributed by atoms with van der Waals surface area (Å²) >= 11 is 0. The molecule has 146 valence electrons. The van der Waals surface area contributed by atoms with Gasteiger partial charge < -0.3 is 4.74 Å². The van der Waals surface area contributed by atoms with Crippen molar-refractivity contribution in [2.24, 2.45) is 5.92 Å². The SMILES string of the molecule is CC1(C)C[C@H]([C@@H](CCN2C(=O)c3ccccc3C2=O)c2ccccc2)CCO1. The number of benzene rings is 2. The highest BCUT2D eigenvalue weighted by molar-refractivity contribution is 6.21. The van der Waals surface area contributed by atoms with Crippen LogP contribution in [-0.4, -0.2) is 35.5 Å². The van der Waals surface area contributed by atoms with Crippen molar-refractivity contribution < 1.29 is 14.3 Å². The van der Waals surface area contributed by atoms with Crippen LogP contribution in [0.2, 0.25) is 0 Å². The molecule has 2 heterocycles. The van der Waals surface area contributed by atoms with Crippen LogP contribution in [-0.2, 0) is 4.74 Å². The largest absolute Gasteiger partial charge is 0.376 e. The molecule has 1 saturated heterocycles. The maximum atomic E-state index is 12.7. The summed E-state index contributed by atoms with van der Waals surface area (Å²) in [4.78, 5) is 26.9. The summed E-state index contributed by atoms with van der Waals surface area (Å²) in [6, 6.07) is 17.6. The van der Waals surface area contributed by atoms with E-state index in [0.717, 1.165) is 25.9 Å². The number of rotatable bonds is 5. The lowest BCUT2D eigenvalue weighted by molar-refractivity contribution is -0.0774. The van der Waals surface area contributed by atoms with Crippen molar-refractivity contribution >= 4 is 11.8 Å². The molecule has 0 spiro atoms. The maximum absolute atomic E-state index is 12.7. The van der Waals surface area contributed by atoms with E-state index in [1.807, 2.05) is 18.2 Å². The first kappa shape index (κ1) is 18.9. The first-order valence-corrected chi connectivity index (χ1v) is 10.1. The summed E-state index contributed by atoms with van der Waals surface area (Å²) in [5, 5.41) is 0. The molecule has 0 radical (unpaired) electrons. The van der Waals surface area contributed by atoms with Gasteiger partial charge in [0.1, 0.15) is 0 Å². The second-order valence-corrected chi connectivity index (χ2v) is 8.47. The number of amides is 2. The minimum atomic E-state index is -0.167. The third kappa shape index (κ3) is 3.61. The number of imide groups is 1. The second kappa shape index (κ2) is 7.51. The monoisotopic (exact) mass is 377 g/mol. The lowest BCUT2D eigenvalue weighted by Gasteiger charge is -2.39. The fourth-order valence-corrected chi connectivity index (χ4v) is 4.71. The number of carbonyl (C=O) groups is 2. The van der Waals surface area contributed by atoms with Crippen molar-refractivity contribution in [2.45, 2.75) is 44.6 Å². The van der Waals surface area contributed by atoms with Crippen LogP contribution in [0.25, 0.3) is 0 Å². The Kier molecular flexibility index (Phi) is 5.07. The van der Waals surface area contributed by atoms with E-state index < -0.39 is 0 Å². The number of ether oxygens (including phenoxy) is 1. The summed E-state index contributed by atoms with van der Waals surface area (Å²) in [6.07, 6.45) is 2.76. The highest BCUT2D eigenvalue weighted by Gasteiger charge is 2.38. The molecule has 2 aliphatic heterocycles. The Labute approximate surface area is 166 Å². The van der Waals surface area contributed by atoms with Crippen LogP contribution in [0.3, 0.4) is 0 Å². The number of hydrogen-bond acceptors (Lipinski definition) is 3. The second-order valence-electron chi connectivity index (χ2n) is 8.47. The average Bonchev–Trinajstić information content (AvgIpc) is 2.93. The quantitative estimate of drug-likeness (QED) is 0.712. The van der Waals surface area contributed by atoms with E-state index in [-0.39, 0.29) is 17.4 Å². The van der Waals surface area contributed by atoms with Crippen LogP contribution in [0.5, 0.6) is 0 Å². The van der Waals surface area contributed by atoms with E-state index in [1.54, 1.807) is 12.1 Å². The average molecular weight is 377 g/mol. The zero-order valence-electron chi connectivity index (χ0n) is 16.6. The molecule has 0 aliphatic carbocycles. The fraction of sp³-hybridized carbons (Fsp3) is 0.417. The summed E-state index contributed by atoms with van der Waals surface area (Å²) in [5.74, 6) is 0.439. The van der Waals surface area contributed by atoms with Gasteiger partial charge in [0, 0.05) is 13.2 Å². The lowest BCUT2D eigenvalue weighted by Crippen LogP contribution is -2.38. The first-order valence-electron chi connectivity index (χ1n) is 10.1. The van der Waals surface area contributed by atoms with Crippen molar-refractivity contribution in [3.05, 3.63) is 71.3 Å². The molecule has 1 fully saturated rings. The Morgan fingerprint density at radius 1 is 1.00 bits per heavy atom. The van der Waals surface area contributed by atoms with Crippen LogP contribution in [0, 0.1) is 5.92 Å². The molecule has 4 rings (SSSR count). The maximum Gasteiger partial charge on any atom is 0.261 e. The van der Waals surface area contributed by atoms with Gasteiger partial charge in [-0.1, -0.05) is 42.5 Å². The molecule has 28 heavy (non-hydrogen) atoms. The van der Waals surface area contributed by atoms with Gasteiger partial charge in [-0.25, -0.2) is 0 Å². The highest BCUT2D eigenvalue weighted by atomic mass is 16.5. The number of fused-ring (bicyclic) bond motifs is 1. The summed E-state index contributed by atoms with van der Waals surface area (Å²) in [6.45, 7) is 5.49. The fourth-order valence-electron chi connectivity index (χ4n) is 4.71. The molecule has 0 saturated carbocycles. The van der Waals surface area contributed by atoms with Gasteiger partial charge in [-0.05, 0) is 62.6 Å². The normalized spacial score (nSPS) is 22.2. The van der Waals surface area contributed by atoms with Gasteiger partial charge in [-0.15, -0.1) is 0 Å². The molecule has 2 atom stereocenters. The zero-order chi connectivity index (χ0) is 19.7. The molecule has 2 aliphatic rings. The first-order chi connectivity index (χ1) is 13.5. The number of nitrogens with zero attached hydrogens (tertiary/aromatic N) is 1. The minimum absolute atomic E-state index is 0.133. The van der Waals surface area contributed by atoms with E-state index in [9.17, 15) is 9.59 Å². The molecule has 0 bridgehead atoms. The zero-order valence-corrected chi connectivity index (χ0v) is 16.6. The van der Waals surface area contributed by atoms with Crippen molar-refractivity contribution in [1.82, 2.24) is 4.90 Å². The third-order valence-corrected chi connectivity index (χ3v) is 6.07. The summed E-state index contributed by atoms with van der Waals surface area (Å²) in [7, 11) is 0. The topological polar surface area (TPSA) is 46.6 Å². The van der Waals surface area contributed by atoms with E-state index in [4.69, 9.17) is 4.74 Å². The standard InChI is InChI=1S/C24H27NO3/c1-24(2)16-18(13-15-28-24)19(17-8-4-3-5-9-17)12-14-25-22(26)20-10-6-7-11-21(20)23(25)27/h3-11,18-19H,12-16H2,1-2H3/t18-,19+/m1/s1. The van der Waals surface area contributed by atoms with Crippen LogP contribution < -0.4 is 0 Å². The predicted octanol–water partition coefficient (Wildman–Crippen LogP) is 4.66. The van der Waals surface area contributed by atoms with Gasteiger partial charge in [0.2, 0.25) is 0 Å².